The lowest BCUT2D eigenvalue weighted by molar-refractivity contribution is 0.0991. The van der Waals surface area contributed by atoms with Crippen LogP contribution in [0.4, 0.5) is 0 Å². The van der Waals surface area contributed by atoms with Crippen LogP contribution in [-0.4, -0.2) is 27.8 Å². The maximum atomic E-state index is 12.4. The Bertz CT molecular complexity index is 377. The van der Waals surface area contributed by atoms with Gasteiger partial charge in [0.15, 0.2) is 5.78 Å². The van der Waals surface area contributed by atoms with Crippen molar-refractivity contribution in [2.45, 2.75) is 23.8 Å². The number of carbonyl (C=O) groups excluding carboxylic acids is 1. The van der Waals surface area contributed by atoms with E-state index < -0.39 is 0 Å². The molecule has 1 aliphatic heterocycles. The lowest BCUT2D eigenvalue weighted by Crippen LogP contribution is -2.32. The molecular weight excluding hydrogens is 324 g/mol. The Morgan fingerprint density at radius 1 is 1.50 bits per heavy atom. The molecule has 0 saturated carbocycles. The molecule has 0 aromatic carbocycles. The summed E-state index contributed by atoms with van der Waals surface area (Å²) in [6.45, 7) is 2.17. The quantitative estimate of drug-likeness (QED) is 0.765. The van der Waals surface area contributed by atoms with E-state index in [1.165, 1.54) is 5.75 Å². The molecule has 0 N–H and O–H groups in total. The maximum absolute atomic E-state index is 12.4. The summed E-state index contributed by atoms with van der Waals surface area (Å²) in [5.74, 6) is 2.59. The monoisotopic (exact) mass is 336 g/mol. The summed E-state index contributed by atoms with van der Waals surface area (Å²) in [4.78, 5) is 13.3. The lowest BCUT2D eigenvalue weighted by Gasteiger charge is -2.28. The number of thiophene rings is 1. The number of carbonyl (C=O) groups is 1. The number of halogens is 1. The highest BCUT2D eigenvalue weighted by Crippen LogP contribution is 2.37. The molecule has 16 heavy (non-hydrogen) atoms. The van der Waals surface area contributed by atoms with Crippen LogP contribution in [0.3, 0.4) is 0 Å². The van der Waals surface area contributed by atoms with Crippen LogP contribution in [0.2, 0.25) is 0 Å². The third kappa shape index (κ3) is 2.68. The minimum Gasteiger partial charge on any atom is -0.292 e. The van der Waals surface area contributed by atoms with Crippen LogP contribution in [0.15, 0.2) is 15.9 Å². The minimum absolute atomic E-state index is 0.152. The van der Waals surface area contributed by atoms with Crippen LogP contribution in [0.25, 0.3) is 0 Å². The zero-order valence-electron chi connectivity index (χ0n) is 8.94. The Balaban J connectivity index is 2.17. The van der Waals surface area contributed by atoms with E-state index in [0.29, 0.717) is 11.0 Å². The normalized spacial score (nSPS) is 25.6. The Kier molecular flexibility index (Phi) is 4.82. The van der Waals surface area contributed by atoms with E-state index in [0.717, 1.165) is 21.5 Å². The van der Waals surface area contributed by atoms with Crippen LogP contribution in [0, 0.1) is 0 Å². The van der Waals surface area contributed by atoms with E-state index in [2.05, 4.69) is 22.9 Å². The summed E-state index contributed by atoms with van der Waals surface area (Å²) in [5.41, 5.74) is 0. The molecule has 1 nitrogen and oxygen atoms in total. The third-order valence-electron chi connectivity index (χ3n) is 2.55. The molecule has 1 aliphatic rings. The second-order valence-electron chi connectivity index (χ2n) is 3.57. The van der Waals surface area contributed by atoms with E-state index in [4.69, 9.17) is 0 Å². The fourth-order valence-corrected chi connectivity index (χ4v) is 6.37. The van der Waals surface area contributed by atoms with Crippen LogP contribution >= 0.6 is 50.8 Å². The zero-order valence-corrected chi connectivity index (χ0v) is 13.0. The highest BCUT2D eigenvalue weighted by Gasteiger charge is 2.32. The molecule has 1 aromatic rings. The van der Waals surface area contributed by atoms with Crippen molar-refractivity contribution in [1.82, 2.24) is 0 Å². The van der Waals surface area contributed by atoms with Gasteiger partial charge in [0.05, 0.1) is 10.1 Å². The summed E-state index contributed by atoms with van der Waals surface area (Å²) < 4.78 is 0.952. The van der Waals surface area contributed by atoms with Crippen LogP contribution in [0.5, 0.6) is 0 Å². The Morgan fingerprint density at radius 3 is 2.88 bits per heavy atom. The highest BCUT2D eigenvalue weighted by molar-refractivity contribution is 9.10. The molecule has 1 aromatic heterocycles. The van der Waals surface area contributed by atoms with Crippen LogP contribution in [-0.2, 0) is 0 Å². The molecule has 0 bridgehead atoms. The van der Waals surface area contributed by atoms with E-state index in [9.17, 15) is 4.79 Å². The molecule has 5 heteroatoms. The largest absolute Gasteiger partial charge is 0.292 e. The van der Waals surface area contributed by atoms with Gasteiger partial charge in [0, 0.05) is 21.2 Å². The lowest BCUT2D eigenvalue weighted by atomic mass is 10.1. The van der Waals surface area contributed by atoms with Gasteiger partial charge >= 0.3 is 0 Å². The van der Waals surface area contributed by atoms with E-state index in [1.54, 1.807) is 11.3 Å². The van der Waals surface area contributed by atoms with Gasteiger partial charge in [0.1, 0.15) is 0 Å². The van der Waals surface area contributed by atoms with Crippen molar-refractivity contribution in [3.63, 3.8) is 0 Å². The van der Waals surface area contributed by atoms with E-state index >= 15 is 0 Å². The van der Waals surface area contributed by atoms with Gasteiger partial charge in [-0.05, 0) is 33.8 Å². The van der Waals surface area contributed by atoms with Gasteiger partial charge in [0.2, 0.25) is 0 Å². The topological polar surface area (TPSA) is 17.1 Å². The predicted octanol–water partition coefficient (Wildman–Crippen LogP) is 4.32. The van der Waals surface area contributed by atoms with E-state index in [-0.39, 0.29) is 5.25 Å². The predicted molar refractivity (Wildman–Crippen MR) is 79.1 cm³/mol. The van der Waals surface area contributed by atoms with Crippen molar-refractivity contribution in [2.75, 3.05) is 11.5 Å². The number of hydrogen-bond donors (Lipinski definition) is 0. The summed E-state index contributed by atoms with van der Waals surface area (Å²) in [6, 6.07) is 1.96. The molecular formula is C11H13BrOS3. The Hall–Kier alpha value is 0.550. The van der Waals surface area contributed by atoms with Crippen LogP contribution in [0.1, 0.15) is 23.0 Å². The molecule has 0 aliphatic carbocycles. The van der Waals surface area contributed by atoms with Crippen molar-refractivity contribution in [2.24, 2.45) is 0 Å². The molecule has 2 rings (SSSR count). The number of thioether (sulfide) groups is 2. The third-order valence-corrected chi connectivity index (χ3v) is 7.65. The molecule has 0 amide bonds. The number of ketones is 1. The SMILES string of the molecule is CCC1SCCSC1C(=O)c1sccc1Br. The number of hydrogen-bond acceptors (Lipinski definition) is 4. The van der Waals surface area contributed by atoms with Crippen molar-refractivity contribution in [3.8, 4) is 0 Å². The highest BCUT2D eigenvalue weighted by atomic mass is 79.9. The summed E-state index contributed by atoms with van der Waals surface area (Å²) >= 11 is 8.77. The van der Waals surface area contributed by atoms with Crippen LogP contribution < -0.4 is 0 Å². The average Bonchev–Trinajstić information content (AvgIpc) is 2.74. The molecule has 2 atom stereocenters. The van der Waals surface area contributed by atoms with Gasteiger partial charge in [-0.25, -0.2) is 0 Å². The van der Waals surface area contributed by atoms with Crippen molar-refractivity contribution < 1.29 is 4.79 Å². The maximum Gasteiger partial charge on any atom is 0.187 e. The Labute approximate surface area is 117 Å². The molecule has 0 spiro atoms. The van der Waals surface area contributed by atoms with Gasteiger partial charge in [-0.2, -0.15) is 11.8 Å². The fourth-order valence-electron chi connectivity index (χ4n) is 1.74. The first kappa shape index (κ1) is 13.0. The molecule has 2 heterocycles. The molecule has 1 saturated heterocycles. The Morgan fingerprint density at radius 2 is 2.25 bits per heavy atom. The first-order valence-corrected chi connectivity index (χ1v) is 9.01. The smallest absolute Gasteiger partial charge is 0.187 e. The summed E-state index contributed by atoms with van der Waals surface area (Å²) in [5, 5.41) is 2.61. The molecule has 1 fully saturated rings. The molecule has 2 unspecified atom stereocenters. The second kappa shape index (κ2) is 5.94. The first-order chi connectivity index (χ1) is 7.74. The second-order valence-corrected chi connectivity index (χ2v) is 7.94. The van der Waals surface area contributed by atoms with Crippen molar-refractivity contribution in [3.05, 3.63) is 20.8 Å². The van der Waals surface area contributed by atoms with Crippen molar-refractivity contribution >= 4 is 56.6 Å². The summed E-state index contributed by atoms with van der Waals surface area (Å²) in [7, 11) is 0. The fraction of sp³-hybridized carbons (Fsp3) is 0.545. The van der Waals surface area contributed by atoms with Gasteiger partial charge in [-0.1, -0.05) is 6.92 Å². The van der Waals surface area contributed by atoms with E-state index in [1.807, 2.05) is 35.0 Å². The standard InChI is InChI=1S/C11H13BrOS3/c1-2-8-11(16-6-5-14-8)9(13)10-7(12)3-4-15-10/h3-4,8,11H,2,5-6H2,1H3. The van der Waals surface area contributed by atoms with Crippen molar-refractivity contribution in [1.29, 1.82) is 0 Å². The molecule has 0 radical (unpaired) electrons. The first-order valence-electron chi connectivity index (χ1n) is 5.24. The van der Waals surface area contributed by atoms with Gasteiger partial charge in [-0.3, -0.25) is 4.79 Å². The number of rotatable bonds is 3. The number of Topliss-reactive ketones (excluding diaryl/α,β-unsaturated/α-hetero) is 1. The van der Waals surface area contributed by atoms with Gasteiger partial charge in [0.25, 0.3) is 0 Å². The van der Waals surface area contributed by atoms with Gasteiger partial charge < -0.3 is 0 Å². The average molecular weight is 337 g/mol. The summed E-state index contributed by atoms with van der Waals surface area (Å²) in [6.07, 6.45) is 1.08. The zero-order chi connectivity index (χ0) is 11.5. The minimum atomic E-state index is 0.152. The van der Waals surface area contributed by atoms with Gasteiger partial charge in [-0.15, -0.1) is 23.1 Å². The molecule has 88 valence electrons.